The van der Waals surface area contributed by atoms with E-state index in [0.717, 1.165) is 0 Å². The van der Waals surface area contributed by atoms with E-state index in [1.165, 1.54) is 0 Å². The Hall–Kier alpha value is -1.49. The molecule has 92 valence electrons. The molecule has 0 unspecified atom stereocenters. The summed E-state index contributed by atoms with van der Waals surface area (Å²) in [6, 6.07) is 0. The second kappa shape index (κ2) is 19.1. The molecule has 0 heterocycles. The molecule has 0 aromatic heterocycles. The van der Waals surface area contributed by atoms with Crippen LogP contribution in [-0.2, 0) is 14.7 Å². The maximum Gasteiger partial charge on any atom is 3.00 e. The van der Waals surface area contributed by atoms with Gasteiger partial charge in [-0.2, -0.15) is 0 Å². The second-order valence-electron chi connectivity index (χ2n) is 1.02. The third kappa shape index (κ3) is 81.5. The molecule has 0 spiro atoms. The van der Waals surface area contributed by atoms with Crippen molar-refractivity contribution in [2.45, 2.75) is 0 Å². The fraction of sp³-hybridized carbons (Fsp3) is 0. The first-order valence-electron chi connectivity index (χ1n) is 2.38. The molecular formula is C3H3O12Sb. The van der Waals surface area contributed by atoms with Gasteiger partial charge in [0.25, 0.3) is 18.5 Å². The normalized spacial score (nSPS) is 6.19. The van der Waals surface area contributed by atoms with Crippen LogP contribution in [0.4, 0.5) is 14.4 Å². The second-order valence-corrected chi connectivity index (χ2v) is 1.02. The predicted octanol–water partition coefficient (Wildman–Crippen LogP) is -3.92. The Balaban J connectivity index is -0.0000000655. The first-order chi connectivity index (χ1) is 6.81. The zero-order chi connectivity index (χ0) is 12.9. The summed E-state index contributed by atoms with van der Waals surface area (Å²) in [5.74, 6) is 0. The molecule has 0 aliphatic heterocycles. The maximum absolute atomic E-state index is 8.78. The number of carboxylic acid groups (broad SMARTS) is 3. The number of hydrogen-bond donors (Lipinski definition) is 3. The molecule has 0 aliphatic carbocycles. The Morgan fingerprint density at radius 2 is 0.750 bits per heavy atom. The van der Waals surface area contributed by atoms with E-state index in [4.69, 9.17) is 45.5 Å². The van der Waals surface area contributed by atoms with Crippen LogP contribution < -0.4 is 15.3 Å². The SMILES string of the molecule is O=C([O-])OO.O=C([O-])OO.O=C([O-])OO.[Sb+3]. The van der Waals surface area contributed by atoms with Crippen molar-refractivity contribution < 1.29 is 60.1 Å². The van der Waals surface area contributed by atoms with Gasteiger partial charge in [0.15, 0.2) is 0 Å². The molecule has 16 heavy (non-hydrogen) atoms. The van der Waals surface area contributed by atoms with E-state index in [2.05, 4.69) is 14.7 Å². The summed E-state index contributed by atoms with van der Waals surface area (Å²) in [6.45, 7) is 0. The van der Waals surface area contributed by atoms with Gasteiger partial charge in [0.2, 0.25) is 0 Å². The van der Waals surface area contributed by atoms with Crippen molar-refractivity contribution in [2.24, 2.45) is 0 Å². The molecule has 0 saturated heterocycles. The van der Waals surface area contributed by atoms with Gasteiger partial charge in [0, 0.05) is 0 Å². The molecular weight excluding hydrogens is 350 g/mol. The molecule has 0 fully saturated rings. The first-order valence-corrected chi connectivity index (χ1v) is 2.38. The average Bonchev–Trinajstić information content (AvgIpc) is 2.19. The van der Waals surface area contributed by atoms with E-state index in [0.29, 0.717) is 0 Å². The molecule has 13 heteroatoms. The maximum atomic E-state index is 8.78. The summed E-state index contributed by atoms with van der Waals surface area (Å²) >= 11 is 0. The molecule has 0 bridgehead atoms. The molecule has 0 saturated carbocycles. The van der Waals surface area contributed by atoms with Gasteiger partial charge in [-0.1, -0.05) is 0 Å². The quantitative estimate of drug-likeness (QED) is 0.165. The van der Waals surface area contributed by atoms with E-state index in [1.807, 2.05) is 0 Å². The largest absolute Gasteiger partial charge is 3.00 e. The molecule has 3 N–H and O–H groups in total. The zero-order valence-corrected chi connectivity index (χ0v) is 9.52. The van der Waals surface area contributed by atoms with Crippen LogP contribution in [0.2, 0.25) is 0 Å². The average molecular weight is 353 g/mol. The Kier molecular flexibility index (Phi) is 28.7. The van der Waals surface area contributed by atoms with Crippen molar-refractivity contribution in [2.75, 3.05) is 0 Å². The van der Waals surface area contributed by atoms with Gasteiger partial charge in [0.05, 0.1) is 0 Å². The van der Waals surface area contributed by atoms with E-state index in [1.54, 1.807) is 0 Å². The molecule has 0 atom stereocenters. The Morgan fingerprint density at radius 3 is 0.750 bits per heavy atom. The van der Waals surface area contributed by atoms with E-state index < -0.39 is 18.5 Å². The van der Waals surface area contributed by atoms with Gasteiger partial charge in [0.1, 0.15) is 0 Å². The van der Waals surface area contributed by atoms with E-state index >= 15 is 0 Å². The summed E-state index contributed by atoms with van der Waals surface area (Å²) in [5, 5.41) is 47.3. The number of rotatable bonds is 0. The van der Waals surface area contributed by atoms with Crippen LogP contribution in [0, 0.1) is 0 Å². The van der Waals surface area contributed by atoms with Gasteiger partial charge < -0.3 is 44.4 Å². The monoisotopic (exact) mass is 352 g/mol. The third-order valence-electron chi connectivity index (χ3n) is 0.224. The van der Waals surface area contributed by atoms with Crippen molar-refractivity contribution in [3.8, 4) is 0 Å². The fourth-order valence-electron chi connectivity index (χ4n) is 0. The van der Waals surface area contributed by atoms with Crippen LogP contribution in [0.3, 0.4) is 0 Å². The molecule has 12 nitrogen and oxygen atoms in total. The van der Waals surface area contributed by atoms with Crippen LogP contribution in [-0.4, -0.2) is 58.7 Å². The summed E-state index contributed by atoms with van der Waals surface area (Å²) in [7, 11) is 0. The predicted molar refractivity (Wildman–Crippen MR) is 33.1 cm³/mol. The summed E-state index contributed by atoms with van der Waals surface area (Å²) < 4.78 is 0. The Labute approximate surface area is 103 Å². The summed E-state index contributed by atoms with van der Waals surface area (Å²) in [6.07, 6.45) is -5.82. The standard InChI is InChI=1S/3CH2O4.Sb/c3*2-1(3)5-4;/h3*4H,(H,2,3);/q;;;+3/p-3. The number of carbonyl (C=O) groups is 3. The van der Waals surface area contributed by atoms with Crippen LogP contribution in [0.5, 0.6) is 0 Å². The summed E-state index contributed by atoms with van der Waals surface area (Å²) in [4.78, 5) is 34.0. The van der Waals surface area contributed by atoms with Gasteiger partial charge in [-0.05, 0) is 0 Å². The van der Waals surface area contributed by atoms with Crippen LogP contribution >= 0.6 is 0 Å². The minimum Gasteiger partial charge on any atom is -0.424 e. The smallest absolute Gasteiger partial charge is 0.424 e. The molecule has 0 aliphatic rings. The molecule has 0 amide bonds. The van der Waals surface area contributed by atoms with Gasteiger partial charge in [-0.25, -0.2) is 0 Å². The van der Waals surface area contributed by atoms with E-state index in [9.17, 15) is 0 Å². The van der Waals surface area contributed by atoms with Crippen LogP contribution in [0.15, 0.2) is 0 Å². The molecule has 2 radical (unpaired) electrons. The number of hydrogen-bond acceptors (Lipinski definition) is 12. The molecule has 0 rings (SSSR count). The fourth-order valence-corrected chi connectivity index (χ4v) is 0. The Morgan fingerprint density at radius 1 is 0.688 bits per heavy atom. The van der Waals surface area contributed by atoms with Gasteiger partial charge in [-0.15, -0.1) is 0 Å². The topological polar surface area (TPSA) is 209 Å². The number of carbonyl (C=O) groups excluding carboxylic acids is 3. The Bertz CT molecular complexity index is 155. The van der Waals surface area contributed by atoms with E-state index in [-0.39, 0.29) is 24.4 Å². The minimum atomic E-state index is -1.94. The summed E-state index contributed by atoms with van der Waals surface area (Å²) in [5.41, 5.74) is 0. The van der Waals surface area contributed by atoms with Gasteiger partial charge >= 0.3 is 24.4 Å². The van der Waals surface area contributed by atoms with Gasteiger partial charge in [-0.3, -0.25) is 15.8 Å². The third-order valence-corrected chi connectivity index (χ3v) is 0.224. The van der Waals surface area contributed by atoms with Crippen molar-refractivity contribution in [3.63, 3.8) is 0 Å². The molecule has 0 aromatic rings. The first kappa shape index (κ1) is 24.0. The molecule has 0 aromatic carbocycles. The van der Waals surface area contributed by atoms with Crippen molar-refractivity contribution in [1.29, 1.82) is 0 Å². The zero-order valence-electron chi connectivity index (χ0n) is 6.96. The van der Waals surface area contributed by atoms with Crippen molar-refractivity contribution >= 4 is 42.9 Å². The van der Waals surface area contributed by atoms with Crippen LogP contribution in [0.25, 0.3) is 0 Å². The van der Waals surface area contributed by atoms with Crippen LogP contribution in [0.1, 0.15) is 0 Å². The van der Waals surface area contributed by atoms with Crippen molar-refractivity contribution in [1.82, 2.24) is 0 Å². The van der Waals surface area contributed by atoms with Crippen molar-refractivity contribution in [3.05, 3.63) is 0 Å². The minimum absolute atomic E-state index is 0.